The van der Waals surface area contributed by atoms with Crippen molar-refractivity contribution >= 4 is 29.1 Å². The molecule has 3 aliphatic heterocycles. The van der Waals surface area contributed by atoms with Gasteiger partial charge in [-0.25, -0.2) is 0 Å². The molecule has 0 aliphatic carbocycles. The second-order valence-electron chi connectivity index (χ2n) is 8.04. The molecule has 4 rings (SSSR count). The molecule has 3 atom stereocenters. The number of piperazine rings is 1. The minimum atomic E-state index is -0.0879. The summed E-state index contributed by atoms with van der Waals surface area (Å²) in [5, 5.41) is 14.6. The number of phenolic OH excluding ortho intramolecular Hbond substituents is 1. The third-order valence-corrected chi connectivity index (χ3v) is 7.16. The third kappa shape index (κ3) is 3.09. The van der Waals surface area contributed by atoms with E-state index in [1.807, 2.05) is 4.90 Å². The monoisotopic (exact) mass is 397 g/mol. The average molecular weight is 398 g/mol. The minimum Gasteiger partial charge on any atom is -0.508 e. The van der Waals surface area contributed by atoms with Crippen molar-refractivity contribution in [1.82, 2.24) is 15.1 Å². The number of nitrogens with zero attached hydrogens (tertiary/aromatic N) is 2. The first-order valence-electron chi connectivity index (χ1n) is 9.31. The zero-order valence-corrected chi connectivity index (χ0v) is 16.5. The Balaban J connectivity index is 1.57. The Labute approximate surface area is 164 Å². The van der Waals surface area contributed by atoms with E-state index in [1.165, 1.54) is 0 Å². The summed E-state index contributed by atoms with van der Waals surface area (Å²) in [4.78, 5) is 17.4. The normalized spacial score (nSPS) is 32.7. The van der Waals surface area contributed by atoms with Crippen molar-refractivity contribution in [2.75, 3.05) is 32.7 Å². The van der Waals surface area contributed by atoms with Crippen LogP contribution in [0.4, 0.5) is 0 Å². The van der Waals surface area contributed by atoms with Crippen LogP contribution in [0.2, 0.25) is 10.0 Å². The molecule has 0 bridgehead atoms. The van der Waals surface area contributed by atoms with Gasteiger partial charge in [0.2, 0.25) is 5.91 Å². The molecule has 1 amide bonds. The second kappa shape index (κ2) is 6.86. The van der Waals surface area contributed by atoms with Crippen LogP contribution in [-0.4, -0.2) is 65.1 Å². The van der Waals surface area contributed by atoms with E-state index in [4.69, 9.17) is 23.2 Å². The van der Waals surface area contributed by atoms with Gasteiger partial charge in [0.1, 0.15) is 5.75 Å². The summed E-state index contributed by atoms with van der Waals surface area (Å²) >= 11 is 12.5. The number of halogens is 2. The van der Waals surface area contributed by atoms with Crippen molar-refractivity contribution in [1.29, 1.82) is 0 Å². The summed E-state index contributed by atoms with van der Waals surface area (Å²) in [6.45, 7) is 6.76. The van der Waals surface area contributed by atoms with Crippen LogP contribution in [0.1, 0.15) is 37.7 Å². The molecule has 7 heteroatoms. The van der Waals surface area contributed by atoms with E-state index >= 15 is 0 Å². The summed E-state index contributed by atoms with van der Waals surface area (Å²) in [6, 6.07) is 3.39. The molecule has 5 nitrogen and oxygen atoms in total. The van der Waals surface area contributed by atoms with Crippen LogP contribution < -0.4 is 5.32 Å². The molecule has 26 heavy (non-hydrogen) atoms. The van der Waals surface area contributed by atoms with E-state index in [1.54, 1.807) is 12.1 Å². The maximum atomic E-state index is 12.9. The maximum Gasteiger partial charge on any atom is 0.224 e. The number of nitrogens with one attached hydrogen (secondary N) is 1. The highest BCUT2D eigenvalue weighted by molar-refractivity contribution is 6.42. The number of aromatic hydroxyl groups is 1. The van der Waals surface area contributed by atoms with Gasteiger partial charge in [0, 0.05) is 62.2 Å². The number of carbonyl (C=O) groups excluding carboxylic acids is 1. The van der Waals surface area contributed by atoms with Gasteiger partial charge in [-0.3, -0.25) is 9.69 Å². The first kappa shape index (κ1) is 18.4. The maximum absolute atomic E-state index is 12.9. The van der Waals surface area contributed by atoms with Gasteiger partial charge in [-0.15, -0.1) is 0 Å². The fourth-order valence-electron chi connectivity index (χ4n) is 5.02. The highest BCUT2D eigenvalue weighted by Crippen LogP contribution is 2.47. The fraction of sp³-hybridized carbons (Fsp3) is 0.632. The summed E-state index contributed by atoms with van der Waals surface area (Å²) in [7, 11) is 0. The van der Waals surface area contributed by atoms with Gasteiger partial charge in [0.15, 0.2) is 0 Å². The SMILES string of the molecule is C[C@@]1(N2CCNCC2)CC(=O)N2C[C@@H](c3c(O)ccc(Cl)c3Cl)C[C@H]2C1. The summed E-state index contributed by atoms with van der Waals surface area (Å²) in [5.74, 6) is 0.407. The van der Waals surface area contributed by atoms with Gasteiger partial charge in [0.25, 0.3) is 0 Å². The first-order chi connectivity index (χ1) is 12.4. The van der Waals surface area contributed by atoms with E-state index < -0.39 is 0 Å². The van der Waals surface area contributed by atoms with E-state index in [9.17, 15) is 9.90 Å². The van der Waals surface area contributed by atoms with Gasteiger partial charge in [-0.05, 0) is 31.9 Å². The van der Waals surface area contributed by atoms with E-state index in [0.717, 1.165) is 39.0 Å². The van der Waals surface area contributed by atoms with Gasteiger partial charge in [-0.2, -0.15) is 0 Å². The molecule has 2 N–H and O–H groups in total. The molecule has 0 saturated carbocycles. The van der Waals surface area contributed by atoms with Crippen molar-refractivity contribution in [3.05, 3.63) is 27.7 Å². The van der Waals surface area contributed by atoms with Crippen molar-refractivity contribution in [2.45, 2.75) is 43.7 Å². The number of fused-ring (bicyclic) bond motifs is 1. The Morgan fingerprint density at radius 3 is 2.73 bits per heavy atom. The molecule has 0 aromatic heterocycles. The predicted molar refractivity (Wildman–Crippen MR) is 103 cm³/mol. The molecule has 0 radical (unpaired) electrons. The van der Waals surface area contributed by atoms with E-state index in [-0.39, 0.29) is 29.2 Å². The summed E-state index contributed by atoms with van der Waals surface area (Å²) in [5.41, 5.74) is 0.598. The standard InChI is InChI=1S/C19H25Cl2N3O2/c1-19(23-6-4-22-5-7-23)9-13-8-12(11-24(13)16(26)10-19)17-15(25)3-2-14(20)18(17)21/h2-3,12-13,22,25H,4-11H2,1H3/t12-,13-,19-/m0/s1. The average Bonchev–Trinajstić information content (AvgIpc) is 3.03. The fourth-order valence-corrected chi connectivity index (χ4v) is 5.50. The van der Waals surface area contributed by atoms with Crippen LogP contribution >= 0.6 is 23.2 Å². The second-order valence-corrected chi connectivity index (χ2v) is 8.83. The number of rotatable bonds is 2. The van der Waals surface area contributed by atoms with Crippen molar-refractivity contribution < 1.29 is 9.90 Å². The molecule has 3 heterocycles. The van der Waals surface area contributed by atoms with E-state index in [2.05, 4.69) is 17.1 Å². The number of hydrogen-bond donors (Lipinski definition) is 2. The topological polar surface area (TPSA) is 55.8 Å². The lowest BCUT2D eigenvalue weighted by atomic mass is 9.81. The van der Waals surface area contributed by atoms with Gasteiger partial charge >= 0.3 is 0 Å². The Bertz CT molecular complexity index is 723. The molecule has 142 valence electrons. The zero-order chi connectivity index (χ0) is 18.5. The molecule has 3 aliphatic rings. The number of benzene rings is 1. The highest BCUT2D eigenvalue weighted by Gasteiger charge is 2.49. The molecule has 0 spiro atoms. The van der Waals surface area contributed by atoms with Crippen LogP contribution in [0.5, 0.6) is 5.75 Å². The Morgan fingerprint density at radius 2 is 2.00 bits per heavy atom. The Hall–Kier alpha value is -1.01. The number of carbonyl (C=O) groups is 1. The molecule has 1 aromatic rings. The minimum absolute atomic E-state index is 0.0283. The zero-order valence-electron chi connectivity index (χ0n) is 15.0. The molecular formula is C19H25Cl2N3O2. The Morgan fingerprint density at radius 1 is 1.27 bits per heavy atom. The van der Waals surface area contributed by atoms with Crippen molar-refractivity contribution in [3.8, 4) is 5.75 Å². The number of phenols is 1. The first-order valence-corrected chi connectivity index (χ1v) is 10.1. The van der Waals surface area contributed by atoms with Crippen LogP contribution in [-0.2, 0) is 4.79 Å². The smallest absolute Gasteiger partial charge is 0.224 e. The van der Waals surface area contributed by atoms with Gasteiger partial charge in [0.05, 0.1) is 10.0 Å². The molecule has 3 saturated heterocycles. The van der Waals surface area contributed by atoms with Crippen LogP contribution in [0.3, 0.4) is 0 Å². The quantitative estimate of drug-likeness (QED) is 0.805. The van der Waals surface area contributed by atoms with E-state index in [0.29, 0.717) is 28.6 Å². The summed E-state index contributed by atoms with van der Waals surface area (Å²) < 4.78 is 0. The summed E-state index contributed by atoms with van der Waals surface area (Å²) in [6.07, 6.45) is 2.35. The van der Waals surface area contributed by atoms with Crippen LogP contribution in [0.15, 0.2) is 12.1 Å². The number of piperidine rings is 1. The van der Waals surface area contributed by atoms with Gasteiger partial charge in [-0.1, -0.05) is 23.2 Å². The number of amides is 1. The molecule has 1 aromatic carbocycles. The highest BCUT2D eigenvalue weighted by atomic mass is 35.5. The number of hydrogen-bond acceptors (Lipinski definition) is 4. The lowest BCUT2D eigenvalue weighted by Crippen LogP contribution is -2.61. The molecule has 0 unspecified atom stereocenters. The third-order valence-electron chi connectivity index (χ3n) is 6.34. The predicted octanol–water partition coefficient (Wildman–Crippen LogP) is 2.84. The molecular weight excluding hydrogens is 373 g/mol. The lowest BCUT2D eigenvalue weighted by Gasteiger charge is -2.49. The lowest BCUT2D eigenvalue weighted by molar-refractivity contribution is -0.141. The van der Waals surface area contributed by atoms with Crippen molar-refractivity contribution in [3.63, 3.8) is 0 Å². The van der Waals surface area contributed by atoms with Crippen molar-refractivity contribution in [2.24, 2.45) is 0 Å². The molecule has 3 fully saturated rings. The van der Waals surface area contributed by atoms with Gasteiger partial charge < -0.3 is 15.3 Å². The Kier molecular flexibility index (Phi) is 4.84. The van der Waals surface area contributed by atoms with Crippen LogP contribution in [0, 0.1) is 0 Å². The largest absolute Gasteiger partial charge is 0.508 e. The van der Waals surface area contributed by atoms with Crippen LogP contribution in [0.25, 0.3) is 0 Å².